The van der Waals surface area contributed by atoms with Gasteiger partial charge in [0.05, 0.1) is 29.4 Å². The third kappa shape index (κ3) is 2.42. The highest BCUT2D eigenvalue weighted by atomic mass is 16.4. The lowest BCUT2D eigenvalue weighted by atomic mass is 10.2. The summed E-state index contributed by atoms with van der Waals surface area (Å²) >= 11 is 0. The third-order valence-corrected chi connectivity index (χ3v) is 2.98. The number of anilines is 2. The molecular weight excluding hydrogens is 234 g/mol. The van der Waals surface area contributed by atoms with E-state index in [4.69, 9.17) is 5.11 Å². The SMILES string of the molecule is CN(C)c1ccncc1NC(=O)C1CC1C(=O)O. The minimum atomic E-state index is -0.908. The maximum absolute atomic E-state index is 11.8. The van der Waals surface area contributed by atoms with Crippen molar-refractivity contribution in [3.05, 3.63) is 18.5 Å². The van der Waals surface area contributed by atoms with Crippen molar-refractivity contribution < 1.29 is 14.7 Å². The second-order valence-corrected chi connectivity index (χ2v) is 4.56. The molecule has 1 aromatic rings. The van der Waals surface area contributed by atoms with Gasteiger partial charge in [-0.3, -0.25) is 14.6 Å². The Labute approximate surface area is 105 Å². The van der Waals surface area contributed by atoms with Gasteiger partial charge < -0.3 is 15.3 Å². The number of carbonyl (C=O) groups excluding carboxylic acids is 1. The Hall–Kier alpha value is -2.11. The quantitative estimate of drug-likeness (QED) is 0.825. The Morgan fingerprint density at radius 3 is 2.72 bits per heavy atom. The molecule has 1 aliphatic rings. The number of carboxylic acid groups (broad SMARTS) is 1. The van der Waals surface area contributed by atoms with Crippen LogP contribution in [-0.2, 0) is 9.59 Å². The number of pyridine rings is 1. The average molecular weight is 249 g/mol. The van der Waals surface area contributed by atoms with Crippen LogP contribution >= 0.6 is 0 Å². The van der Waals surface area contributed by atoms with Crippen LogP contribution in [0, 0.1) is 11.8 Å². The van der Waals surface area contributed by atoms with Crippen LogP contribution in [0.25, 0.3) is 0 Å². The molecule has 2 rings (SSSR count). The highest BCUT2D eigenvalue weighted by molar-refractivity contribution is 6.00. The summed E-state index contributed by atoms with van der Waals surface area (Å²) in [6.45, 7) is 0. The standard InChI is InChI=1S/C12H15N3O3/c1-15(2)10-3-4-13-6-9(10)14-11(16)7-5-8(7)12(17)18/h3-4,6-8H,5H2,1-2H3,(H,14,16)(H,17,18). The zero-order valence-corrected chi connectivity index (χ0v) is 10.3. The predicted molar refractivity (Wildman–Crippen MR) is 66.4 cm³/mol. The number of nitrogens with zero attached hydrogens (tertiary/aromatic N) is 2. The molecule has 2 atom stereocenters. The number of amides is 1. The van der Waals surface area contributed by atoms with Crippen molar-refractivity contribution in [3.8, 4) is 0 Å². The smallest absolute Gasteiger partial charge is 0.307 e. The van der Waals surface area contributed by atoms with E-state index in [-0.39, 0.29) is 5.91 Å². The molecule has 0 bridgehead atoms. The van der Waals surface area contributed by atoms with Crippen molar-refractivity contribution in [2.45, 2.75) is 6.42 Å². The Kier molecular flexibility index (Phi) is 3.18. The Bertz CT molecular complexity index is 487. The molecule has 0 aliphatic heterocycles. The topological polar surface area (TPSA) is 82.5 Å². The van der Waals surface area contributed by atoms with Gasteiger partial charge in [-0.05, 0) is 12.5 Å². The summed E-state index contributed by atoms with van der Waals surface area (Å²) in [4.78, 5) is 28.4. The van der Waals surface area contributed by atoms with E-state index >= 15 is 0 Å². The monoisotopic (exact) mass is 249 g/mol. The number of hydrogen-bond acceptors (Lipinski definition) is 4. The van der Waals surface area contributed by atoms with Crippen LogP contribution < -0.4 is 10.2 Å². The lowest BCUT2D eigenvalue weighted by Gasteiger charge is -2.17. The second-order valence-electron chi connectivity index (χ2n) is 4.56. The molecule has 1 aromatic heterocycles. The first-order valence-corrected chi connectivity index (χ1v) is 5.65. The van der Waals surface area contributed by atoms with Crippen LogP contribution in [0.1, 0.15) is 6.42 Å². The molecule has 1 heterocycles. The van der Waals surface area contributed by atoms with Crippen LogP contribution in [0.3, 0.4) is 0 Å². The number of carboxylic acids is 1. The van der Waals surface area contributed by atoms with Crippen LogP contribution in [0.5, 0.6) is 0 Å². The number of nitrogens with one attached hydrogen (secondary N) is 1. The summed E-state index contributed by atoms with van der Waals surface area (Å²) in [5.74, 6) is -2.12. The van der Waals surface area contributed by atoms with Gasteiger partial charge in [0.15, 0.2) is 0 Å². The van der Waals surface area contributed by atoms with Gasteiger partial charge in [-0.1, -0.05) is 0 Å². The number of carbonyl (C=O) groups is 2. The Morgan fingerprint density at radius 1 is 1.44 bits per heavy atom. The minimum Gasteiger partial charge on any atom is -0.481 e. The summed E-state index contributed by atoms with van der Waals surface area (Å²) in [6.07, 6.45) is 3.62. The van der Waals surface area contributed by atoms with E-state index in [1.165, 1.54) is 0 Å². The summed E-state index contributed by atoms with van der Waals surface area (Å²) in [5.41, 5.74) is 1.44. The normalized spacial score (nSPS) is 21.2. The van der Waals surface area contributed by atoms with Crippen molar-refractivity contribution in [1.82, 2.24) is 4.98 Å². The van der Waals surface area contributed by atoms with E-state index in [9.17, 15) is 9.59 Å². The fourth-order valence-corrected chi connectivity index (χ4v) is 1.86. The van der Waals surface area contributed by atoms with Gasteiger partial charge in [0.2, 0.25) is 5.91 Å². The molecule has 96 valence electrons. The molecule has 1 amide bonds. The van der Waals surface area contributed by atoms with Crippen molar-refractivity contribution in [1.29, 1.82) is 0 Å². The molecule has 18 heavy (non-hydrogen) atoms. The van der Waals surface area contributed by atoms with E-state index in [0.717, 1.165) is 5.69 Å². The number of aromatic nitrogens is 1. The first kappa shape index (κ1) is 12.3. The molecular formula is C12H15N3O3. The van der Waals surface area contributed by atoms with Crippen molar-refractivity contribution >= 4 is 23.3 Å². The summed E-state index contributed by atoms with van der Waals surface area (Å²) < 4.78 is 0. The third-order valence-electron chi connectivity index (χ3n) is 2.98. The van der Waals surface area contributed by atoms with Crippen LogP contribution in [-0.4, -0.2) is 36.1 Å². The van der Waals surface area contributed by atoms with Gasteiger partial charge in [-0.2, -0.15) is 0 Å². The van der Waals surface area contributed by atoms with E-state index < -0.39 is 17.8 Å². The maximum atomic E-state index is 11.8. The first-order valence-electron chi connectivity index (χ1n) is 5.65. The van der Waals surface area contributed by atoms with Crippen LogP contribution in [0.4, 0.5) is 11.4 Å². The number of aliphatic carboxylic acids is 1. The zero-order chi connectivity index (χ0) is 13.3. The molecule has 2 N–H and O–H groups in total. The van der Waals surface area contributed by atoms with Gasteiger partial charge in [-0.15, -0.1) is 0 Å². The molecule has 0 spiro atoms. The molecule has 6 heteroatoms. The van der Waals surface area contributed by atoms with Crippen LogP contribution in [0.15, 0.2) is 18.5 Å². The van der Waals surface area contributed by atoms with Crippen molar-refractivity contribution in [2.24, 2.45) is 11.8 Å². The van der Waals surface area contributed by atoms with Gasteiger partial charge in [-0.25, -0.2) is 0 Å². The lowest BCUT2D eigenvalue weighted by molar-refractivity contribution is -0.139. The molecule has 0 saturated heterocycles. The lowest BCUT2D eigenvalue weighted by Crippen LogP contribution is -2.19. The van der Waals surface area contributed by atoms with Gasteiger partial charge in [0.1, 0.15) is 0 Å². The highest BCUT2D eigenvalue weighted by Gasteiger charge is 2.48. The Morgan fingerprint density at radius 2 is 2.17 bits per heavy atom. The average Bonchev–Trinajstić information content (AvgIpc) is 3.09. The largest absolute Gasteiger partial charge is 0.481 e. The van der Waals surface area contributed by atoms with Crippen molar-refractivity contribution in [2.75, 3.05) is 24.3 Å². The molecule has 1 aliphatic carbocycles. The summed E-state index contributed by atoms with van der Waals surface area (Å²) in [5, 5.41) is 11.5. The van der Waals surface area contributed by atoms with Crippen LogP contribution in [0.2, 0.25) is 0 Å². The molecule has 0 aromatic carbocycles. The van der Waals surface area contributed by atoms with E-state index in [1.54, 1.807) is 18.5 Å². The minimum absolute atomic E-state index is 0.251. The Balaban J connectivity index is 2.06. The fraction of sp³-hybridized carbons (Fsp3) is 0.417. The molecule has 0 radical (unpaired) electrons. The highest BCUT2D eigenvalue weighted by Crippen LogP contribution is 2.39. The second kappa shape index (κ2) is 4.64. The number of hydrogen-bond donors (Lipinski definition) is 2. The van der Waals surface area contributed by atoms with E-state index in [0.29, 0.717) is 12.1 Å². The summed E-state index contributed by atoms with van der Waals surface area (Å²) in [6, 6.07) is 1.79. The predicted octanol–water partition coefficient (Wildman–Crippen LogP) is 0.807. The van der Waals surface area contributed by atoms with E-state index in [2.05, 4.69) is 10.3 Å². The van der Waals surface area contributed by atoms with Gasteiger partial charge in [0, 0.05) is 20.3 Å². The van der Waals surface area contributed by atoms with Gasteiger partial charge in [0.25, 0.3) is 0 Å². The molecule has 2 unspecified atom stereocenters. The molecule has 1 saturated carbocycles. The molecule has 6 nitrogen and oxygen atoms in total. The molecule has 1 fully saturated rings. The summed E-state index contributed by atoms with van der Waals surface area (Å²) in [7, 11) is 3.73. The first-order chi connectivity index (χ1) is 8.50. The van der Waals surface area contributed by atoms with E-state index in [1.807, 2.05) is 19.0 Å². The van der Waals surface area contributed by atoms with Gasteiger partial charge >= 0.3 is 5.97 Å². The maximum Gasteiger partial charge on any atom is 0.307 e. The fourth-order valence-electron chi connectivity index (χ4n) is 1.86. The van der Waals surface area contributed by atoms with Crippen molar-refractivity contribution in [3.63, 3.8) is 0 Å². The zero-order valence-electron chi connectivity index (χ0n) is 10.3. The number of rotatable bonds is 4.